The van der Waals surface area contributed by atoms with E-state index in [0.29, 0.717) is 6.54 Å². The monoisotopic (exact) mass is 365 g/mol. The van der Waals surface area contributed by atoms with Gasteiger partial charge in [-0.2, -0.15) is 12.7 Å². The highest BCUT2D eigenvalue weighted by Gasteiger charge is 2.40. The Morgan fingerprint density at radius 2 is 2.08 bits per heavy atom. The number of anilines is 1. The van der Waals surface area contributed by atoms with Crippen LogP contribution in [-0.4, -0.2) is 56.5 Å². The van der Waals surface area contributed by atoms with Crippen molar-refractivity contribution in [2.75, 3.05) is 38.7 Å². The fraction of sp³-hybridized carbons (Fsp3) is 0.500. The maximum atomic E-state index is 11.3. The average molecular weight is 365 g/mol. The van der Waals surface area contributed by atoms with Gasteiger partial charge in [0, 0.05) is 43.5 Å². The van der Waals surface area contributed by atoms with Crippen LogP contribution >= 0.6 is 0 Å². The van der Waals surface area contributed by atoms with Gasteiger partial charge in [0.25, 0.3) is 10.2 Å². The molecule has 2 heterocycles. The molecule has 1 aromatic carbocycles. The smallest absolute Gasteiger partial charge is 0.276 e. The van der Waals surface area contributed by atoms with Crippen LogP contribution in [0.15, 0.2) is 24.5 Å². The van der Waals surface area contributed by atoms with E-state index >= 15 is 0 Å². The molecule has 0 spiro atoms. The Morgan fingerprint density at radius 3 is 2.72 bits per heavy atom. The normalized spacial score (nSPS) is 16.9. The molecule has 2 aromatic rings. The van der Waals surface area contributed by atoms with Crippen molar-refractivity contribution >= 4 is 26.9 Å². The Balaban J connectivity index is 1.71. The van der Waals surface area contributed by atoms with Crippen LogP contribution in [0.1, 0.15) is 13.3 Å². The minimum Gasteiger partial charge on any atom is -0.497 e. The minimum absolute atomic E-state index is 0.0305. The quantitative estimate of drug-likeness (QED) is 0.819. The van der Waals surface area contributed by atoms with Gasteiger partial charge in [-0.3, -0.25) is 0 Å². The van der Waals surface area contributed by atoms with Crippen molar-refractivity contribution in [2.45, 2.75) is 13.3 Å². The molecule has 0 unspecified atom stereocenters. The molecule has 1 saturated heterocycles. The summed E-state index contributed by atoms with van der Waals surface area (Å²) in [6.45, 7) is 4.17. The lowest BCUT2D eigenvalue weighted by atomic mass is 9.78. The molecule has 0 amide bonds. The highest BCUT2D eigenvalue weighted by molar-refractivity contribution is 7.86. The van der Waals surface area contributed by atoms with Crippen LogP contribution in [0.4, 0.5) is 5.82 Å². The molecule has 136 valence electrons. The zero-order valence-electron chi connectivity index (χ0n) is 14.6. The zero-order valence-corrected chi connectivity index (χ0v) is 15.5. The molecule has 0 radical (unpaired) electrons. The van der Waals surface area contributed by atoms with Gasteiger partial charge in [-0.05, 0) is 18.6 Å². The van der Waals surface area contributed by atoms with Crippen molar-refractivity contribution in [3.8, 4) is 5.75 Å². The molecule has 0 aliphatic carbocycles. The minimum atomic E-state index is -3.62. The van der Waals surface area contributed by atoms with Gasteiger partial charge in [-0.1, -0.05) is 6.92 Å². The molecule has 2 N–H and O–H groups in total. The number of nitrogens with two attached hydrogens (primary N) is 1. The molecule has 3 rings (SSSR count). The van der Waals surface area contributed by atoms with Gasteiger partial charge in [0.05, 0.1) is 12.6 Å². The lowest BCUT2D eigenvalue weighted by Crippen LogP contribution is -2.56. The Morgan fingerprint density at radius 1 is 1.36 bits per heavy atom. The third kappa shape index (κ3) is 3.68. The van der Waals surface area contributed by atoms with Crippen molar-refractivity contribution in [1.82, 2.24) is 14.3 Å². The first-order chi connectivity index (χ1) is 11.7. The van der Waals surface area contributed by atoms with Gasteiger partial charge in [0.1, 0.15) is 17.9 Å². The molecule has 0 saturated carbocycles. The topological polar surface area (TPSA) is 102 Å². The van der Waals surface area contributed by atoms with E-state index in [0.717, 1.165) is 42.0 Å². The van der Waals surface area contributed by atoms with Crippen LogP contribution in [0.3, 0.4) is 0 Å². The molecule has 0 atom stereocenters. The Bertz CT molecular complexity index is 880. The number of hydrogen-bond donors (Lipinski definition) is 1. The van der Waals surface area contributed by atoms with Crippen LogP contribution in [0, 0.1) is 5.41 Å². The first-order valence-electron chi connectivity index (χ1n) is 8.00. The number of ether oxygens (including phenoxy) is 1. The van der Waals surface area contributed by atoms with Crippen molar-refractivity contribution in [3.63, 3.8) is 0 Å². The maximum Gasteiger partial charge on any atom is 0.276 e. The predicted molar refractivity (Wildman–Crippen MR) is 96.8 cm³/mol. The standard InChI is InChI=1S/C16H23N5O3S/c1-16(6-7-20(2)25(17,22)23)9-21(10-16)15-13-5-4-12(24-3)8-14(13)18-11-19-15/h4-5,8,11H,6-7,9-10H2,1-3H3,(H2,17,22,23). The van der Waals surface area contributed by atoms with Crippen LogP contribution < -0.4 is 14.8 Å². The Kier molecular flexibility index (Phi) is 4.56. The number of methoxy groups -OCH3 is 1. The third-order valence-corrected chi connectivity index (χ3v) is 5.78. The summed E-state index contributed by atoms with van der Waals surface area (Å²) in [5.41, 5.74) is 0.870. The summed E-state index contributed by atoms with van der Waals surface area (Å²) in [6.07, 6.45) is 2.30. The summed E-state index contributed by atoms with van der Waals surface area (Å²) in [6, 6.07) is 5.75. The third-order valence-electron chi connectivity index (χ3n) is 4.73. The molecule has 1 fully saturated rings. The van der Waals surface area contributed by atoms with Crippen LogP contribution in [0.25, 0.3) is 10.9 Å². The van der Waals surface area contributed by atoms with Gasteiger partial charge in [0.15, 0.2) is 0 Å². The molecule has 25 heavy (non-hydrogen) atoms. The zero-order chi connectivity index (χ0) is 18.2. The van der Waals surface area contributed by atoms with Crippen LogP contribution in [-0.2, 0) is 10.2 Å². The lowest BCUT2D eigenvalue weighted by Gasteiger charge is -2.49. The fourth-order valence-corrected chi connectivity index (χ4v) is 3.49. The molecular formula is C16H23N5O3S. The van der Waals surface area contributed by atoms with Gasteiger partial charge < -0.3 is 9.64 Å². The second-order valence-electron chi connectivity index (χ2n) is 6.86. The van der Waals surface area contributed by atoms with Gasteiger partial charge in [-0.15, -0.1) is 0 Å². The summed E-state index contributed by atoms with van der Waals surface area (Å²) in [5.74, 6) is 1.65. The number of benzene rings is 1. The Labute approximate surface area is 147 Å². The first kappa shape index (κ1) is 17.8. The van der Waals surface area contributed by atoms with E-state index in [9.17, 15) is 8.42 Å². The van der Waals surface area contributed by atoms with Gasteiger partial charge >= 0.3 is 0 Å². The van der Waals surface area contributed by atoms with Crippen LogP contribution in [0.2, 0.25) is 0 Å². The maximum absolute atomic E-state index is 11.3. The first-order valence-corrected chi connectivity index (χ1v) is 9.50. The summed E-state index contributed by atoms with van der Waals surface area (Å²) < 4.78 is 29.0. The second kappa shape index (κ2) is 6.40. The predicted octanol–water partition coefficient (Wildman–Crippen LogP) is 0.990. The van der Waals surface area contributed by atoms with Crippen LogP contribution in [0.5, 0.6) is 5.75 Å². The van der Waals surface area contributed by atoms with Gasteiger partial charge in [-0.25, -0.2) is 15.1 Å². The number of nitrogens with zero attached hydrogens (tertiary/aromatic N) is 4. The van der Waals surface area contributed by atoms with E-state index in [1.54, 1.807) is 13.4 Å². The number of aromatic nitrogens is 2. The SMILES string of the molecule is COc1ccc2c(N3CC(C)(CCN(C)S(N)(=O)=O)C3)ncnc2c1. The highest BCUT2D eigenvalue weighted by Crippen LogP contribution is 2.38. The molecule has 1 aromatic heterocycles. The molecule has 1 aliphatic rings. The van der Waals surface area contributed by atoms with E-state index in [4.69, 9.17) is 9.88 Å². The summed E-state index contributed by atoms with van der Waals surface area (Å²) >= 11 is 0. The fourth-order valence-electron chi connectivity index (χ4n) is 3.14. The van der Waals surface area contributed by atoms with E-state index in [1.165, 1.54) is 11.4 Å². The number of fused-ring (bicyclic) bond motifs is 1. The highest BCUT2D eigenvalue weighted by atomic mass is 32.2. The molecular weight excluding hydrogens is 342 g/mol. The average Bonchev–Trinajstić information content (AvgIpc) is 2.55. The van der Waals surface area contributed by atoms with E-state index in [1.807, 2.05) is 18.2 Å². The molecule has 9 heteroatoms. The number of hydrogen-bond acceptors (Lipinski definition) is 6. The number of rotatable bonds is 6. The lowest BCUT2D eigenvalue weighted by molar-refractivity contribution is 0.208. The van der Waals surface area contributed by atoms with Crippen molar-refractivity contribution in [2.24, 2.45) is 10.6 Å². The summed E-state index contributed by atoms with van der Waals surface area (Å²) in [4.78, 5) is 10.9. The Hall–Kier alpha value is -1.97. The van der Waals surface area contributed by atoms with E-state index in [2.05, 4.69) is 21.8 Å². The van der Waals surface area contributed by atoms with E-state index in [-0.39, 0.29) is 5.41 Å². The molecule has 8 nitrogen and oxygen atoms in total. The van der Waals surface area contributed by atoms with E-state index < -0.39 is 10.2 Å². The summed E-state index contributed by atoms with van der Waals surface area (Å²) in [5, 5.41) is 6.11. The van der Waals surface area contributed by atoms with Crippen molar-refractivity contribution < 1.29 is 13.2 Å². The molecule has 1 aliphatic heterocycles. The van der Waals surface area contributed by atoms with Crippen molar-refractivity contribution in [3.05, 3.63) is 24.5 Å². The largest absolute Gasteiger partial charge is 0.497 e. The summed E-state index contributed by atoms with van der Waals surface area (Å²) in [7, 11) is -0.495. The van der Waals surface area contributed by atoms with Crippen molar-refractivity contribution in [1.29, 1.82) is 0 Å². The van der Waals surface area contributed by atoms with Gasteiger partial charge in [0.2, 0.25) is 0 Å². The molecule has 0 bridgehead atoms. The second-order valence-corrected chi connectivity index (χ2v) is 8.52.